The summed E-state index contributed by atoms with van der Waals surface area (Å²) in [5.74, 6) is 1.91. The van der Waals surface area contributed by atoms with E-state index in [4.69, 9.17) is 4.74 Å². The van der Waals surface area contributed by atoms with Gasteiger partial charge in [-0.1, -0.05) is 6.07 Å². The number of hydrogen-bond acceptors (Lipinski definition) is 2. The van der Waals surface area contributed by atoms with Crippen LogP contribution in [0.4, 0.5) is 0 Å². The molecular weight excluding hydrogens is 120 g/mol. The molecule has 0 atom stereocenters. The van der Waals surface area contributed by atoms with Crippen molar-refractivity contribution in [3.05, 3.63) is 18.2 Å². The van der Waals surface area contributed by atoms with Gasteiger partial charge >= 0.3 is 0 Å². The highest BCUT2D eigenvalue weighted by atomic mass is 32.1. The van der Waals surface area contributed by atoms with Crippen molar-refractivity contribution in [1.29, 1.82) is 0 Å². The van der Waals surface area contributed by atoms with Crippen molar-refractivity contribution >= 4 is 12.6 Å². The van der Waals surface area contributed by atoms with Crippen LogP contribution in [0.1, 0.15) is 0 Å². The van der Waals surface area contributed by atoms with E-state index in [1.54, 1.807) is 0 Å². The number of benzene rings is 1. The van der Waals surface area contributed by atoms with Gasteiger partial charge in [0.15, 0.2) is 11.5 Å². The molecule has 0 radical (unpaired) electrons. The fourth-order valence-electron chi connectivity index (χ4n) is 0.675. The molecule has 0 saturated carbocycles. The summed E-state index contributed by atoms with van der Waals surface area (Å²) in [7, 11) is 0. The molecule has 0 unspecified atom stereocenters. The smallest absolute Gasteiger partial charge is 0.183 e. The molecule has 1 aromatic rings. The fraction of sp³-hybridized carbons (Fsp3) is 0. The number of fused-ring (bicyclic) bond motifs is 1. The lowest BCUT2D eigenvalue weighted by molar-refractivity contribution is 0.641. The predicted octanol–water partition coefficient (Wildman–Crippen LogP) is 2.08. The van der Waals surface area contributed by atoms with E-state index in [0.717, 1.165) is 16.4 Å². The van der Waals surface area contributed by atoms with Crippen LogP contribution in [0.5, 0.6) is 11.5 Å². The number of rotatable bonds is 0. The first kappa shape index (κ1) is 4.27. The summed E-state index contributed by atoms with van der Waals surface area (Å²) in [4.78, 5) is 0.933. The van der Waals surface area contributed by atoms with E-state index < -0.39 is 0 Å². The minimum Gasteiger partial charge on any atom is -0.448 e. The Morgan fingerprint density at radius 3 is 2.88 bits per heavy atom. The van der Waals surface area contributed by atoms with Gasteiger partial charge in [0, 0.05) is 0 Å². The fourth-order valence-corrected chi connectivity index (χ4v) is 0.917. The highest BCUT2D eigenvalue weighted by Gasteiger charge is 2.21. The van der Waals surface area contributed by atoms with Crippen molar-refractivity contribution in [3.63, 3.8) is 0 Å². The lowest BCUT2D eigenvalue weighted by Gasteiger charge is -1.75. The van der Waals surface area contributed by atoms with Crippen molar-refractivity contribution < 1.29 is 4.74 Å². The number of para-hydroxylation sites is 1. The third-order valence-corrected chi connectivity index (χ3v) is 1.48. The maximum Gasteiger partial charge on any atom is 0.183 e. The molecule has 0 spiro atoms. The number of ether oxygens (including phenoxy) is 1. The minimum atomic E-state index is 0.933. The first-order valence-corrected chi connectivity index (χ1v) is 2.82. The van der Waals surface area contributed by atoms with Crippen LogP contribution in [0.15, 0.2) is 23.1 Å². The monoisotopic (exact) mass is 124 g/mol. The van der Waals surface area contributed by atoms with Gasteiger partial charge in [0.1, 0.15) is 0 Å². The molecule has 0 fully saturated rings. The van der Waals surface area contributed by atoms with Gasteiger partial charge < -0.3 is 4.74 Å². The second kappa shape index (κ2) is 1.20. The van der Waals surface area contributed by atoms with Gasteiger partial charge in [0.05, 0.1) is 4.90 Å². The molecular formula is C6H4OS. The van der Waals surface area contributed by atoms with Crippen molar-refractivity contribution in [1.82, 2.24) is 0 Å². The molecule has 0 saturated heterocycles. The lowest BCUT2D eigenvalue weighted by Crippen LogP contribution is -1.49. The highest BCUT2D eigenvalue weighted by molar-refractivity contribution is 7.80. The van der Waals surface area contributed by atoms with Crippen LogP contribution >= 0.6 is 12.6 Å². The SMILES string of the molecule is Sc1cccc2c1O2. The van der Waals surface area contributed by atoms with Crippen LogP contribution in [0.3, 0.4) is 0 Å². The van der Waals surface area contributed by atoms with E-state index in [0.29, 0.717) is 0 Å². The molecule has 1 aliphatic rings. The summed E-state index contributed by atoms with van der Waals surface area (Å²) in [5.41, 5.74) is 0. The van der Waals surface area contributed by atoms with Crippen LogP contribution in [-0.4, -0.2) is 0 Å². The highest BCUT2D eigenvalue weighted by Crippen LogP contribution is 2.49. The Hall–Kier alpha value is -0.630. The molecule has 0 aromatic heterocycles. The third kappa shape index (κ3) is 0.434. The standard InChI is InChI=1S/C6H4OS/c8-5-3-1-2-4-6(5)7-4/h1-3,8H. The molecule has 0 bridgehead atoms. The van der Waals surface area contributed by atoms with Crippen LogP contribution in [0, 0.1) is 0 Å². The van der Waals surface area contributed by atoms with Crippen molar-refractivity contribution in [2.24, 2.45) is 0 Å². The Morgan fingerprint density at radius 2 is 2.25 bits per heavy atom. The van der Waals surface area contributed by atoms with Crippen molar-refractivity contribution in [3.8, 4) is 11.5 Å². The maximum absolute atomic E-state index is 4.99. The van der Waals surface area contributed by atoms with E-state index in [-0.39, 0.29) is 0 Å². The zero-order chi connectivity index (χ0) is 5.56. The molecule has 2 rings (SSSR count). The molecule has 1 nitrogen and oxygen atoms in total. The average molecular weight is 124 g/mol. The Labute approximate surface area is 52.7 Å². The molecule has 0 aliphatic carbocycles. The third-order valence-electron chi connectivity index (χ3n) is 1.13. The average Bonchev–Trinajstić information content (AvgIpc) is 2.45. The van der Waals surface area contributed by atoms with Gasteiger partial charge in [-0.2, -0.15) is 0 Å². The quantitative estimate of drug-likeness (QED) is 0.419. The van der Waals surface area contributed by atoms with E-state index in [9.17, 15) is 0 Å². The Balaban J connectivity index is 2.70. The van der Waals surface area contributed by atoms with E-state index in [2.05, 4.69) is 12.6 Å². The molecule has 1 heterocycles. The van der Waals surface area contributed by atoms with Crippen LogP contribution in [0.2, 0.25) is 0 Å². The summed E-state index contributed by atoms with van der Waals surface area (Å²) in [5, 5.41) is 0. The topological polar surface area (TPSA) is 12.5 Å². The van der Waals surface area contributed by atoms with Gasteiger partial charge in [-0.3, -0.25) is 0 Å². The summed E-state index contributed by atoms with van der Waals surface area (Å²) >= 11 is 4.12. The Morgan fingerprint density at radius 1 is 1.38 bits per heavy atom. The minimum absolute atomic E-state index is 0.933. The van der Waals surface area contributed by atoms with E-state index in [1.165, 1.54) is 0 Å². The summed E-state index contributed by atoms with van der Waals surface area (Å²) < 4.78 is 4.99. The summed E-state index contributed by atoms with van der Waals surface area (Å²) in [6, 6.07) is 5.76. The van der Waals surface area contributed by atoms with Crippen LogP contribution in [-0.2, 0) is 0 Å². The van der Waals surface area contributed by atoms with E-state index in [1.807, 2.05) is 18.2 Å². The van der Waals surface area contributed by atoms with Crippen LogP contribution in [0.25, 0.3) is 0 Å². The van der Waals surface area contributed by atoms with Gasteiger partial charge in [-0.25, -0.2) is 0 Å². The number of thiol groups is 1. The van der Waals surface area contributed by atoms with Gasteiger partial charge in [0.25, 0.3) is 0 Å². The van der Waals surface area contributed by atoms with Gasteiger partial charge in [-0.05, 0) is 12.1 Å². The second-order valence-corrected chi connectivity index (χ2v) is 2.19. The molecule has 40 valence electrons. The van der Waals surface area contributed by atoms with Gasteiger partial charge in [-0.15, -0.1) is 12.6 Å². The largest absolute Gasteiger partial charge is 0.448 e. The Kier molecular flexibility index (Phi) is 0.641. The molecule has 0 amide bonds. The molecule has 0 N–H and O–H groups in total. The summed E-state index contributed by atoms with van der Waals surface area (Å²) in [6.45, 7) is 0. The molecule has 2 heteroatoms. The zero-order valence-electron chi connectivity index (χ0n) is 4.09. The van der Waals surface area contributed by atoms with E-state index >= 15 is 0 Å². The summed E-state index contributed by atoms with van der Waals surface area (Å²) in [6.07, 6.45) is 0. The lowest BCUT2D eigenvalue weighted by atomic mass is 10.4. The maximum atomic E-state index is 4.99. The normalized spacial score (nSPS) is 12.1. The second-order valence-electron chi connectivity index (χ2n) is 1.71. The predicted molar refractivity (Wildman–Crippen MR) is 33.8 cm³/mol. The van der Waals surface area contributed by atoms with Crippen LogP contribution < -0.4 is 4.74 Å². The molecule has 1 aliphatic heterocycles. The van der Waals surface area contributed by atoms with Gasteiger partial charge in [0.2, 0.25) is 0 Å². The van der Waals surface area contributed by atoms with Crippen molar-refractivity contribution in [2.45, 2.75) is 4.90 Å². The van der Waals surface area contributed by atoms with Crippen molar-refractivity contribution in [2.75, 3.05) is 0 Å². The first-order chi connectivity index (χ1) is 3.88. The zero-order valence-corrected chi connectivity index (χ0v) is 4.98. The number of hydrogen-bond donors (Lipinski definition) is 1. The Bertz CT molecular complexity index is 232. The first-order valence-electron chi connectivity index (χ1n) is 2.38. The molecule has 8 heavy (non-hydrogen) atoms. The molecule has 1 aromatic carbocycles.